The van der Waals surface area contributed by atoms with Crippen LogP contribution in [0.2, 0.25) is 0 Å². The molecule has 0 saturated carbocycles. The van der Waals surface area contributed by atoms with Gasteiger partial charge in [-0.1, -0.05) is 19.1 Å². The maximum absolute atomic E-state index is 4.63. The summed E-state index contributed by atoms with van der Waals surface area (Å²) in [5, 5.41) is 8.86. The third-order valence-corrected chi connectivity index (χ3v) is 1.37. The van der Waals surface area contributed by atoms with E-state index >= 15 is 0 Å². The molecule has 1 radical (unpaired) electrons. The Bertz CT molecular complexity index is 75.5. The SMILES string of the molecule is CCNCC([C]=S)NC. The fraction of sp³-hybridized carbons (Fsp3) is 0.833. The van der Waals surface area contributed by atoms with Crippen molar-refractivity contribution >= 4 is 17.6 Å². The van der Waals surface area contributed by atoms with Crippen LogP contribution in [-0.4, -0.2) is 31.5 Å². The molecule has 0 aromatic rings. The minimum Gasteiger partial charge on any atom is -0.315 e. The summed E-state index contributed by atoms with van der Waals surface area (Å²) >= 11 is 4.63. The summed E-state index contributed by atoms with van der Waals surface area (Å²) < 4.78 is 0. The van der Waals surface area contributed by atoms with E-state index in [0.29, 0.717) is 0 Å². The second-order valence-corrected chi connectivity index (χ2v) is 2.00. The molecule has 0 saturated heterocycles. The fourth-order valence-corrected chi connectivity index (χ4v) is 0.693. The monoisotopic (exact) mass is 145 g/mol. The zero-order valence-electron chi connectivity index (χ0n) is 5.90. The van der Waals surface area contributed by atoms with Gasteiger partial charge < -0.3 is 10.6 Å². The largest absolute Gasteiger partial charge is 0.315 e. The number of hydrogen-bond donors (Lipinski definition) is 2. The lowest BCUT2D eigenvalue weighted by Gasteiger charge is -2.08. The molecule has 0 rings (SSSR count). The van der Waals surface area contributed by atoms with E-state index in [1.54, 1.807) is 0 Å². The van der Waals surface area contributed by atoms with Gasteiger partial charge >= 0.3 is 0 Å². The van der Waals surface area contributed by atoms with Crippen molar-refractivity contribution in [2.24, 2.45) is 0 Å². The highest BCUT2D eigenvalue weighted by Crippen LogP contribution is 1.73. The maximum Gasteiger partial charge on any atom is 0.0559 e. The van der Waals surface area contributed by atoms with Crippen molar-refractivity contribution in [3.8, 4) is 0 Å². The van der Waals surface area contributed by atoms with Crippen molar-refractivity contribution < 1.29 is 0 Å². The Morgan fingerprint density at radius 2 is 2.33 bits per heavy atom. The van der Waals surface area contributed by atoms with Crippen molar-refractivity contribution in [2.45, 2.75) is 13.0 Å². The van der Waals surface area contributed by atoms with Crippen molar-refractivity contribution in [2.75, 3.05) is 20.1 Å². The lowest BCUT2D eigenvalue weighted by Crippen LogP contribution is -2.37. The Kier molecular flexibility index (Phi) is 6.14. The third kappa shape index (κ3) is 4.51. The van der Waals surface area contributed by atoms with E-state index in [-0.39, 0.29) is 6.04 Å². The zero-order chi connectivity index (χ0) is 7.11. The summed E-state index contributed by atoms with van der Waals surface area (Å²) in [5.74, 6) is 0. The number of likely N-dealkylation sites (N-methyl/N-ethyl adjacent to an activating group) is 2. The second kappa shape index (κ2) is 6.13. The van der Waals surface area contributed by atoms with E-state index < -0.39 is 0 Å². The molecule has 0 aromatic carbocycles. The molecule has 53 valence electrons. The molecule has 1 unspecified atom stereocenters. The van der Waals surface area contributed by atoms with Gasteiger partial charge in [0.05, 0.1) is 6.04 Å². The molecular weight excluding hydrogens is 132 g/mol. The van der Waals surface area contributed by atoms with E-state index in [4.69, 9.17) is 0 Å². The van der Waals surface area contributed by atoms with Gasteiger partial charge in [-0.15, -0.1) is 0 Å². The summed E-state index contributed by atoms with van der Waals surface area (Å²) in [6, 6.07) is 0.208. The molecule has 9 heavy (non-hydrogen) atoms. The highest BCUT2D eigenvalue weighted by molar-refractivity contribution is 7.79. The van der Waals surface area contributed by atoms with Crippen LogP contribution in [0, 0.1) is 0 Å². The fourth-order valence-electron chi connectivity index (χ4n) is 0.491. The summed E-state index contributed by atoms with van der Waals surface area (Å²) in [6.07, 6.45) is 0. The topological polar surface area (TPSA) is 24.1 Å². The summed E-state index contributed by atoms with van der Waals surface area (Å²) in [6.45, 7) is 3.92. The van der Waals surface area contributed by atoms with Crippen LogP contribution in [0.15, 0.2) is 0 Å². The van der Waals surface area contributed by atoms with E-state index in [2.05, 4.69) is 35.1 Å². The van der Waals surface area contributed by atoms with E-state index in [9.17, 15) is 0 Å². The second-order valence-electron chi connectivity index (χ2n) is 1.77. The standard InChI is InChI=1S/C6H13N2S/c1-3-8-4-6(5-9)7-2/h6-8H,3-4H2,1-2H3. The lowest BCUT2D eigenvalue weighted by molar-refractivity contribution is 0.623. The Labute approximate surface area is 62.0 Å². The van der Waals surface area contributed by atoms with Crippen LogP contribution in [0.5, 0.6) is 0 Å². The molecule has 0 spiro atoms. The minimum atomic E-state index is 0.208. The molecule has 2 nitrogen and oxygen atoms in total. The first kappa shape index (κ1) is 9.01. The molecule has 0 aliphatic heterocycles. The van der Waals surface area contributed by atoms with Crippen LogP contribution >= 0.6 is 12.2 Å². The van der Waals surface area contributed by atoms with Gasteiger partial charge in [-0.25, -0.2) is 0 Å². The predicted molar refractivity (Wildman–Crippen MR) is 44.0 cm³/mol. The van der Waals surface area contributed by atoms with Gasteiger partial charge in [-0.3, -0.25) is 0 Å². The number of rotatable bonds is 5. The average molecular weight is 145 g/mol. The minimum absolute atomic E-state index is 0.208. The predicted octanol–water partition coefficient (Wildman–Crippen LogP) is 0.0606. The van der Waals surface area contributed by atoms with Gasteiger partial charge in [0.1, 0.15) is 0 Å². The van der Waals surface area contributed by atoms with Crippen LogP contribution in [-0.2, 0) is 0 Å². The van der Waals surface area contributed by atoms with Crippen LogP contribution in [0.3, 0.4) is 0 Å². The molecule has 0 heterocycles. The molecule has 0 aliphatic carbocycles. The first-order valence-corrected chi connectivity index (χ1v) is 3.51. The van der Waals surface area contributed by atoms with Gasteiger partial charge in [0.25, 0.3) is 0 Å². The summed E-state index contributed by atoms with van der Waals surface area (Å²) in [5.41, 5.74) is 0. The van der Waals surface area contributed by atoms with E-state index in [0.717, 1.165) is 13.1 Å². The van der Waals surface area contributed by atoms with Gasteiger partial charge in [-0.05, 0) is 13.6 Å². The van der Waals surface area contributed by atoms with Gasteiger partial charge in [-0.2, -0.15) is 0 Å². The molecule has 0 fully saturated rings. The van der Waals surface area contributed by atoms with Crippen LogP contribution in [0.4, 0.5) is 0 Å². The van der Waals surface area contributed by atoms with Crippen LogP contribution in [0.25, 0.3) is 0 Å². The molecule has 0 aromatic heterocycles. The quantitative estimate of drug-likeness (QED) is 0.535. The molecule has 0 bridgehead atoms. The van der Waals surface area contributed by atoms with Crippen molar-refractivity contribution in [3.63, 3.8) is 0 Å². The summed E-state index contributed by atoms with van der Waals surface area (Å²) in [4.78, 5) is 0. The number of hydrogen-bond acceptors (Lipinski definition) is 3. The highest BCUT2D eigenvalue weighted by Gasteiger charge is 1.97. The Hall–Kier alpha value is 0.01000. The van der Waals surface area contributed by atoms with Crippen LogP contribution < -0.4 is 10.6 Å². The third-order valence-electron chi connectivity index (χ3n) is 1.09. The highest BCUT2D eigenvalue weighted by atomic mass is 32.1. The van der Waals surface area contributed by atoms with Gasteiger partial charge in [0.2, 0.25) is 0 Å². The van der Waals surface area contributed by atoms with Crippen molar-refractivity contribution in [1.82, 2.24) is 10.6 Å². The number of thiocarbonyl (C=S) groups is 1. The molecule has 1 atom stereocenters. The first-order chi connectivity index (χ1) is 4.35. The molecule has 2 N–H and O–H groups in total. The molecule has 0 amide bonds. The van der Waals surface area contributed by atoms with Gasteiger partial charge in [0.15, 0.2) is 0 Å². The normalized spacial score (nSPS) is 13.1. The van der Waals surface area contributed by atoms with E-state index in [1.807, 2.05) is 7.05 Å². The Balaban J connectivity index is 3.20. The first-order valence-electron chi connectivity index (χ1n) is 3.10. The lowest BCUT2D eigenvalue weighted by atomic mass is 10.3. The smallest absolute Gasteiger partial charge is 0.0559 e. The average Bonchev–Trinajstić information content (AvgIpc) is 1.91. The Morgan fingerprint density at radius 3 is 2.67 bits per heavy atom. The van der Waals surface area contributed by atoms with E-state index in [1.165, 1.54) is 0 Å². The zero-order valence-corrected chi connectivity index (χ0v) is 6.72. The van der Waals surface area contributed by atoms with Crippen molar-refractivity contribution in [3.05, 3.63) is 0 Å². The summed E-state index contributed by atoms with van der Waals surface area (Å²) in [7, 11) is 1.88. The van der Waals surface area contributed by atoms with Gasteiger partial charge in [0, 0.05) is 11.9 Å². The molecule has 3 heteroatoms. The Morgan fingerprint density at radius 1 is 1.67 bits per heavy atom. The van der Waals surface area contributed by atoms with Crippen LogP contribution in [0.1, 0.15) is 6.92 Å². The molecular formula is C6H13N2S. The number of nitrogens with one attached hydrogen (secondary N) is 2. The maximum atomic E-state index is 4.63. The van der Waals surface area contributed by atoms with Crippen molar-refractivity contribution in [1.29, 1.82) is 0 Å². The molecule has 0 aliphatic rings.